The molecule has 0 spiro atoms. The molecule has 2 aliphatic rings. The van der Waals surface area contributed by atoms with Gasteiger partial charge in [0.15, 0.2) is 18.7 Å². The zero-order valence-corrected chi connectivity index (χ0v) is 38.1. The number of carbonyl (C=O) groups excluding carboxylic acids is 2. The molecule has 2 saturated heterocycles. The lowest BCUT2D eigenvalue weighted by atomic mass is 9.98. The van der Waals surface area contributed by atoms with Crippen LogP contribution in [0.4, 0.5) is 0 Å². The van der Waals surface area contributed by atoms with Gasteiger partial charge in [-0.1, -0.05) is 142 Å². The van der Waals surface area contributed by atoms with Crippen LogP contribution in [0.3, 0.4) is 0 Å². The van der Waals surface area contributed by atoms with Gasteiger partial charge in [0.1, 0.15) is 55.4 Å². The van der Waals surface area contributed by atoms with Gasteiger partial charge in [0, 0.05) is 12.8 Å². The summed E-state index contributed by atoms with van der Waals surface area (Å²) < 4.78 is 33.2. The number of esters is 2. The van der Waals surface area contributed by atoms with Crippen molar-refractivity contribution in [2.75, 3.05) is 26.4 Å². The SMILES string of the molecule is CCCCCCCCCC/C=C\CCCCCCCCCCCCCC(=O)OC(COC(=O)CCCCC)COC1OC(COC2OC(CO)C(O)C(O)C2O)C(O)C(O)C1O. The third-order valence-electron chi connectivity index (χ3n) is 11.7. The summed E-state index contributed by atoms with van der Waals surface area (Å²) in [6, 6.07) is 0. The Balaban J connectivity index is 1.66. The number of aliphatic hydroxyl groups is 7. The van der Waals surface area contributed by atoms with Crippen LogP contribution in [0.1, 0.15) is 181 Å². The van der Waals surface area contributed by atoms with Crippen LogP contribution in [-0.2, 0) is 38.0 Å². The highest BCUT2D eigenvalue weighted by Gasteiger charge is 2.47. The fourth-order valence-corrected chi connectivity index (χ4v) is 7.68. The number of rotatable bonds is 37. The first-order valence-corrected chi connectivity index (χ1v) is 24.3. The predicted molar refractivity (Wildman–Crippen MR) is 234 cm³/mol. The highest BCUT2D eigenvalue weighted by Crippen LogP contribution is 2.26. The molecule has 0 aromatic heterocycles. The van der Waals surface area contributed by atoms with Crippen molar-refractivity contribution in [3.63, 3.8) is 0 Å². The average molecular weight is 891 g/mol. The van der Waals surface area contributed by atoms with E-state index in [-0.39, 0.29) is 26.1 Å². The Morgan fingerprint density at radius 2 is 0.919 bits per heavy atom. The first-order valence-electron chi connectivity index (χ1n) is 24.3. The highest BCUT2D eigenvalue weighted by molar-refractivity contribution is 5.70. The monoisotopic (exact) mass is 891 g/mol. The van der Waals surface area contributed by atoms with Crippen LogP contribution in [0.25, 0.3) is 0 Å². The molecule has 0 amide bonds. The molecule has 2 fully saturated rings. The van der Waals surface area contributed by atoms with Gasteiger partial charge in [-0.2, -0.15) is 0 Å². The smallest absolute Gasteiger partial charge is 0.306 e. The van der Waals surface area contributed by atoms with Gasteiger partial charge in [0.05, 0.1) is 19.8 Å². The summed E-state index contributed by atoms with van der Waals surface area (Å²) in [6.45, 7) is 2.40. The van der Waals surface area contributed by atoms with Crippen LogP contribution >= 0.6 is 0 Å². The van der Waals surface area contributed by atoms with Crippen molar-refractivity contribution in [1.82, 2.24) is 0 Å². The summed E-state index contributed by atoms with van der Waals surface area (Å²) >= 11 is 0. The molecule has 0 aliphatic carbocycles. The predicted octanol–water partition coefficient (Wildman–Crippen LogP) is 5.82. The summed E-state index contributed by atoms with van der Waals surface area (Å²) in [5.74, 6) is -0.948. The molecule has 0 radical (unpaired) electrons. The first kappa shape index (κ1) is 56.4. The van der Waals surface area contributed by atoms with E-state index < -0.39 is 92.7 Å². The number of unbranched alkanes of at least 4 members (excludes halogenated alkanes) is 21. The van der Waals surface area contributed by atoms with Crippen molar-refractivity contribution in [2.45, 2.75) is 248 Å². The Morgan fingerprint density at radius 3 is 1.45 bits per heavy atom. The molecule has 0 saturated carbocycles. The molecular formula is C47H86O15. The molecule has 7 N–H and O–H groups in total. The largest absolute Gasteiger partial charge is 0.462 e. The Hall–Kier alpha value is -1.76. The summed E-state index contributed by atoms with van der Waals surface area (Å²) in [5.41, 5.74) is 0. The van der Waals surface area contributed by atoms with Crippen molar-refractivity contribution < 1.29 is 73.8 Å². The van der Waals surface area contributed by atoms with Crippen molar-refractivity contribution in [2.24, 2.45) is 0 Å². The third kappa shape index (κ3) is 24.0. The molecule has 11 atom stereocenters. The molecule has 2 rings (SSSR count). The summed E-state index contributed by atoms with van der Waals surface area (Å²) in [6.07, 6.45) is 16.5. The maximum Gasteiger partial charge on any atom is 0.306 e. The van der Waals surface area contributed by atoms with E-state index >= 15 is 0 Å². The topological polar surface area (TPSA) is 231 Å². The molecule has 11 unspecified atom stereocenters. The lowest BCUT2D eigenvalue weighted by molar-refractivity contribution is -0.332. The van der Waals surface area contributed by atoms with E-state index in [2.05, 4.69) is 19.1 Å². The van der Waals surface area contributed by atoms with Crippen LogP contribution in [0.15, 0.2) is 12.2 Å². The van der Waals surface area contributed by atoms with E-state index in [1.165, 1.54) is 109 Å². The molecule has 2 heterocycles. The fourth-order valence-electron chi connectivity index (χ4n) is 7.68. The molecule has 62 heavy (non-hydrogen) atoms. The molecule has 364 valence electrons. The van der Waals surface area contributed by atoms with Crippen molar-refractivity contribution >= 4 is 11.9 Å². The lowest BCUT2D eigenvalue weighted by Crippen LogP contribution is -2.61. The molecule has 15 heteroatoms. The quantitative estimate of drug-likeness (QED) is 0.0221. The van der Waals surface area contributed by atoms with E-state index in [0.717, 1.165) is 32.1 Å². The van der Waals surface area contributed by atoms with Gasteiger partial charge in [-0.3, -0.25) is 9.59 Å². The van der Waals surface area contributed by atoms with E-state index in [0.29, 0.717) is 12.8 Å². The van der Waals surface area contributed by atoms with Gasteiger partial charge < -0.3 is 64.2 Å². The zero-order valence-electron chi connectivity index (χ0n) is 38.1. The fraction of sp³-hybridized carbons (Fsp3) is 0.915. The average Bonchev–Trinajstić information content (AvgIpc) is 3.26. The van der Waals surface area contributed by atoms with Gasteiger partial charge in [-0.05, 0) is 38.5 Å². The van der Waals surface area contributed by atoms with Crippen molar-refractivity contribution in [3.05, 3.63) is 12.2 Å². The number of ether oxygens (including phenoxy) is 6. The van der Waals surface area contributed by atoms with Gasteiger partial charge in [-0.15, -0.1) is 0 Å². The maximum absolute atomic E-state index is 12.9. The highest BCUT2D eigenvalue weighted by atomic mass is 16.7. The molecule has 0 aromatic rings. The van der Waals surface area contributed by atoms with Gasteiger partial charge in [-0.25, -0.2) is 0 Å². The minimum absolute atomic E-state index is 0.167. The van der Waals surface area contributed by atoms with Crippen LogP contribution in [0, 0.1) is 0 Å². The van der Waals surface area contributed by atoms with E-state index in [1.54, 1.807) is 0 Å². The molecule has 15 nitrogen and oxygen atoms in total. The Morgan fingerprint density at radius 1 is 0.500 bits per heavy atom. The second-order valence-electron chi connectivity index (χ2n) is 17.3. The van der Waals surface area contributed by atoms with Crippen molar-refractivity contribution in [3.8, 4) is 0 Å². The summed E-state index contributed by atoms with van der Waals surface area (Å²) in [4.78, 5) is 25.2. The number of aliphatic hydroxyl groups excluding tert-OH is 7. The lowest BCUT2D eigenvalue weighted by Gasteiger charge is -2.42. The first-order chi connectivity index (χ1) is 30.0. The Kier molecular flexibility index (Phi) is 32.3. The summed E-state index contributed by atoms with van der Waals surface area (Å²) in [5, 5.41) is 71.6. The molecule has 0 aromatic carbocycles. The minimum atomic E-state index is -1.76. The standard InChI is InChI=1S/C47H86O15/c1-3-5-7-8-9-10-11-12-13-14-15-16-17-18-19-20-21-22-23-24-25-26-28-30-39(50)60-35(32-57-38(49)29-27-6-4-2)33-58-46-45(56)43(54)41(52)37(62-46)34-59-47-44(55)42(53)40(51)36(31-48)61-47/h14-15,35-37,40-48,51-56H,3-13,16-34H2,1-2H3/b15-14-. The van der Waals surface area contributed by atoms with E-state index in [9.17, 15) is 45.3 Å². The molecule has 2 aliphatic heterocycles. The van der Waals surface area contributed by atoms with Crippen LogP contribution in [0.5, 0.6) is 0 Å². The second-order valence-corrected chi connectivity index (χ2v) is 17.3. The van der Waals surface area contributed by atoms with Gasteiger partial charge >= 0.3 is 11.9 Å². The Labute approximate surface area is 371 Å². The van der Waals surface area contributed by atoms with Gasteiger partial charge in [0.25, 0.3) is 0 Å². The van der Waals surface area contributed by atoms with Crippen LogP contribution in [0.2, 0.25) is 0 Å². The number of hydrogen-bond donors (Lipinski definition) is 7. The van der Waals surface area contributed by atoms with Crippen LogP contribution < -0.4 is 0 Å². The number of allylic oxidation sites excluding steroid dienone is 2. The van der Waals surface area contributed by atoms with Crippen LogP contribution in [-0.4, -0.2) is 142 Å². The number of hydrogen-bond acceptors (Lipinski definition) is 15. The third-order valence-corrected chi connectivity index (χ3v) is 11.7. The van der Waals surface area contributed by atoms with E-state index in [4.69, 9.17) is 28.4 Å². The van der Waals surface area contributed by atoms with Crippen molar-refractivity contribution in [1.29, 1.82) is 0 Å². The van der Waals surface area contributed by atoms with E-state index in [1.807, 2.05) is 6.92 Å². The zero-order chi connectivity index (χ0) is 45.4. The van der Waals surface area contributed by atoms with Gasteiger partial charge in [0.2, 0.25) is 0 Å². The molecular weight excluding hydrogens is 805 g/mol. The normalized spacial score (nSPS) is 27.1. The Bertz CT molecular complexity index is 1140. The minimum Gasteiger partial charge on any atom is -0.462 e. The summed E-state index contributed by atoms with van der Waals surface area (Å²) in [7, 11) is 0. The second kappa shape index (κ2) is 35.5. The maximum atomic E-state index is 12.9. The number of carbonyl (C=O) groups is 2. The molecule has 0 bridgehead atoms.